The first-order chi connectivity index (χ1) is 11.7. The fourth-order valence-electron chi connectivity index (χ4n) is 3.59. The van der Waals surface area contributed by atoms with E-state index in [0.29, 0.717) is 16.2 Å². The van der Waals surface area contributed by atoms with Gasteiger partial charge in [0.2, 0.25) is 0 Å². The number of carbonyl (C=O) groups excluding carboxylic acids is 1. The van der Waals surface area contributed by atoms with Crippen LogP contribution < -0.4 is 4.73 Å². The first-order valence-corrected chi connectivity index (χ1v) is 8.26. The quantitative estimate of drug-likeness (QED) is 0.583. The molecule has 1 amide bonds. The molecule has 3 heterocycles. The van der Waals surface area contributed by atoms with E-state index in [-0.39, 0.29) is 5.91 Å². The van der Waals surface area contributed by atoms with Crippen LogP contribution in [0.2, 0.25) is 0 Å². The number of rotatable bonds is 2. The van der Waals surface area contributed by atoms with Crippen molar-refractivity contribution in [3.63, 3.8) is 0 Å². The highest BCUT2D eigenvalue weighted by Crippen LogP contribution is 2.33. The second-order valence-electron chi connectivity index (χ2n) is 6.31. The summed E-state index contributed by atoms with van der Waals surface area (Å²) in [6.45, 7) is 1.44. The van der Waals surface area contributed by atoms with Crippen LogP contribution in [0.1, 0.15) is 34.7 Å². The zero-order valence-electron chi connectivity index (χ0n) is 13.3. The second-order valence-corrected chi connectivity index (χ2v) is 6.31. The normalized spacial score (nSPS) is 15.8. The molecule has 0 aliphatic carbocycles. The summed E-state index contributed by atoms with van der Waals surface area (Å²) in [4.78, 5) is 17.7. The number of H-pyrrole nitrogens is 1. The summed E-state index contributed by atoms with van der Waals surface area (Å²) in [5.41, 5.74) is 2.96. The van der Waals surface area contributed by atoms with Crippen LogP contribution in [0.15, 0.2) is 55.0 Å². The maximum atomic E-state index is 12.5. The first-order valence-electron chi connectivity index (χ1n) is 8.26. The van der Waals surface area contributed by atoms with Crippen LogP contribution in [0.25, 0.3) is 10.9 Å². The third-order valence-corrected chi connectivity index (χ3v) is 4.87. The lowest BCUT2D eigenvalue weighted by Crippen LogP contribution is -2.39. The number of likely N-dealkylation sites (tertiary alicyclic amines) is 1. The number of amides is 1. The molecule has 4 rings (SSSR count). The van der Waals surface area contributed by atoms with Crippen molar-refractivity contribution in [1.29, 1.82) is 0 Å². The van der Waals surface area contributed by atoms with Crippen LogP contribution in [-0.2, 0) is 0 Å². The molecule has 5 heteroatoms. The van der Waals surface area contributed by atoms with Gasteiger partial charge in [-0.1, -0.05) is 18.2 Å². The van der Waals surface area contributed by atoms with Crippen LogP contribution in [0.3, 0.4) is 0 Å². The predicted molar refractivity (Wildman–Crippen MR) is 91.6 cm³/mol. The van der Waals surface area contributed by atoms with E-state index in [2.05, 4.69) is 29.4 Å². The topological polar surface area (TPSA) is 63.0 Å². The molecule has 122 valence electrons. The van der Waals surface area contributed by atoms with Gasteiger partial charge in [0.1, 0.15) is 5.56 Å². The van der Waals surface area contributed by atoms with Gasteiger partial charge in [0, 0.05) is 36.3 Å². The summed E-state index contributed by atoms with van der Waals surface area (Å²) in [6.07, 6.45) is 6.72. The van der Waals surface area contributed by atoms with E-state index >= 15 is 0 Å². The van der Waals surface area contributed by atoms with E-state index in [1.165, 1.54) is 23.3 Å². The zero-order chi connectivity index (χ0) is 16.5. The monoisotopic (exact) mass is 321 g/mol. The SMILES string of the molecule is O=C(c1ccc[n+]([O-])c1)N1CCC(c2c[nH]c3ccccc23)CC1. The highest BCUT2D eigenvalue weighted by molar-refractivity contribution is 5.93. The molecular weight excluding hydrogens is 302 g/mol. The Bertz CT molecular complexity index is 879. The summed E-state index contributed by atoms with van der Waals surface area (Å²) in [6, 6.07) is 11.6. The molecule has 1 aliphatic heterocycles. The summed E-state index contributed by atoms with van der Waals surface area (Å²) in [5, 5.41) is 12.6. The Morgan fingerprint density at radius 2 is 1.96 bits per heavy atom. The number of fused-ring (bicyclic) bond motifs is 1. The maximum Gasteiger partial charge on any atom is 0.259 e. The lowest BCUT2D eigenvalue weighted by Gasteiger charge is -2.31. The highest BCUT2D eigenvalue weighted by Gasteiger charge is 2.26. The van der Waals surface area contributed by atoms with Gasteiger partial charge >= 0.3 is 0 Å². The lowest BCUT2D eigenvalue weighted by atomic mass is 9.89. The molecule has 0 saturated carbocycles. The number of pyridine rings is 1. The Labute approximate surface area is 140 Å². The standard InChI is InChI=1S/C19H19N3O2/c23-19(15-4-3-9-22(24)13-15)21-10-7-14(8-11-21)17-12-20-18-6-2-1-5-16(17)18/h1-6,9,12-14,20H,7-8,10-11H2. The molecule has 1 saturated heterocycles. The molecule has 1 N–H and O–H groups in total. The molecule has 1 aliphatic rings. The maximum absolute atomic E-state index is 12.5. The number of piperidine rings is 1. The molecule has 2 aromatic heterocycles. The molecule has 1 aromatic carbocycles. The van der Waals surface area contributed by atoms with Crippen molar-refractivity contribution in [1.82, 2.24) is 9.88 Å². The number of carbonyl (C=O) groups is 1. The number of para-hydroxylation sites is 1. The highest BCUT2D eigenvalue weighted by atomic mass is 16.5. The van der Waals surface area contributed by atoms with Crippen molar-refractivity contribution in [2.45, 2.75) is 18.8 Å². The summed E-state index contributed by atoms with van der Waals surface area (Å²) in [5.74, 6) is 0.406. The number of hydrogen-bond acceptors (Lipinski definition) is 2. The van der Waals surface area contributed by atoms with Gasteiger partial charge < -0.3 is 15.1 Å². The second kappa shape index (κ2) is 6.00. The average Bonchev–Trinajstić information content (AvgIpc) is 3.05. The smallest absolute Gasteiger partial charge is 0.259 e. The van der Waals surface area contributed by atoms with Crippen LogP contribution in [-0.4, -0.2) is 28.9 Å². The number of nitrogens with zero attached hydrogens (tertiary/aromatic N) is 2. The van der Waals surface area contributed by atoms with E-state index in [0.717, 1.165) is 31.4 Å². The molecule has 5 nitrogen and oxygen atoms in total. The van der Waals surface area contributed by atoms with Gasteiger partial charge in [-0.15, -0.1) is 0 Å². The van der Waals surface area contributed by atoms with E-state index < -0.39 is 0 Å². The van der Waals surface area contributed by atoms with E-state index in [1.807, 2.05) is 11.0 Å². The van der Waals surface area contributed by atoms with Crippen molar-refractivity contribution in [2.75, 3.05) is 13.1 Å². The van der Waals surface area contributed by atoms with Gasteiger partial charge in [-0.05, 0) is 36.5 Å². The number of hydrogen-bond donors (Lipinski definition) is 1. The van der Waals surface area contributed by atoms with Gasteiger partial charge in [0.15, 0.2) is 12.4 Å². The van der Waals surface area contributed by atoms with Gasteiger partial charge in [-0.3, -0.25) is 4.79 Å². The molecular formula is C19H19N3O2. The average molecular weight is 321 g/mol. The third-order valence-electron chi connectivity index (χ3n) is 4.87. The molecule has 0 unspecified atom stereocenters. The molecule has 0 radical (unpaired) electrons. The number of nitrogens with one attached hydrogen (secondary N) is 1. The molecule has 24 heavy (non-hydrogen) atoms. The van der Waals surface area contributed by atoms with Gasteiger partial charge in [-0.25, -0.2) is 0 Å². The number of aromatic amines is 1. The Balaban J connectivity index is 1.48. The Morgan fingerprint density at radius 1 is 1.17 bits per heavy atom. The minimum Gasteiger partial charge on any atom is -0.619 e. The summed E-state index contributed by atoms with van der Waals surface area (Å²) >= 11 is 0. The Morgan fingerprint density at radius 3 is 2.75 bits per heavy atom. The minimum absolute atomic E-state index is 0.0578. The van der Waals surface area contributed by atoms with Crippen molar-refractivity contribution in [2.24, 2.45) is 0 Å². The van der Waals surface area contributed by atoms with Gasteiger partial charge in [0.05, 0.1) is 0 Å². The largest absolute Gasteiger partial charge is 0.619 e. The third kappa shape index (κ3) is 2.62. The van der Waals surface area contributed by atoms with Gasteiger partial charge in [-0.2, -0.15) is 4.73 Å². The van der Waals surface area contributed by atoms with Crippen LogP contribution in [0.5, 0.6) is 0 Å². The van der Waals surface area contributed by atoms with Crippen LogP contribution in [0, 0.1) is 5.21 Å². The van der Waals surface area contributed by atoms with E-state index in [1.54, 1.807) is 12.1 Å². The summed E-state index contributed by atoms with van der Waals surface area (Å²) < 4.78 is 0.673. The van der Waals surface area contributed by atoms with E-state index in [4.69, 9.17) is 0 Å². The molecule has 1 fully saturated rings. The van der Waals surface area contributed by atoms with Gasteiger partial charge in [0.25, 0.3) is 5.91 Å². The zero-order valence-corrected chi connectivity index (χ0v) is 13.3. The molecule has 0 spiro atoms. The summed E-state index contributed by atoms with van der Waals surface area (Å²) in [7, 11) is 0. The molecule has 0 bridgehead atoms. The molecule has 3 aromatic rings. The van der Waals surface area contributed by atoms with Crippen molar-refractivity contribution in [3.05, 3.63) is 71.3 Å². The first kappa shape index (κ1) is 14.8. The number of aromatic nitrogens is 2. The Hall–Kier alpha value is -2.82. The lowest BCUT2D eigenvalue weighted by molar-refractivity contribution is -0.605. The fourth-order valence-corrected chi connectivity index (χ4v) is 3.59. The Kier molecular flexibility index (Phi) is 3.69. The van der Waals surface area contributed by atoms with Crippen molar-refractivity contribution < 1.29 is 9.52 Å². The molecule has 0 atom stereocenters. The van der Waals surface area contributed by atoms with Crippen molar-refractivity contribution >= 4 is 16.8 Å². The number of benzene rings is 1. The van der Waals surface area contributed by atoms with Crippen LogP contribution in [0.4, 0.5) is 0 Å². The minimum atomic E-state index is -0.0578. The fraction of sp³-hybridized carbons (Fsp3) is 0.263. The predicted octanol–water partition coefficient (Wildman–Crippen LogP) is 2.82. The van der Waals surface area contributed by atoms with E-state index in [9.17, 15) is 10.0 Å². The van der Waals surface area contributed by atoms with Crippen molar-refractivity contribution in [3.8, 4) is 0 Å². The van der Waals surface area contributed by atoms with Crippen LogP contribution >= 0.6 is 0 Å².